The number of rotatable bonds is 5. The van der Waals surface area contributed by atoms with Gasteiger partial charge >= 0.3 is 0 Å². The Morgan fingerprint density at radius 2 is 1.74 bits per heavy atom. The zero-order valence-electron chi connectivity index (χ0n) is 10.2. The van der Waals surface area contributed by atoms with E-state index in [1.54, 1.807) is 12.1 Å². The maximum absolute atomic E-state index is 10.7. The van der Waals surface area contributed by atoms with E-state index in [0.29, 0.717) is 18.1 Å². The fourth-order valence-electron chi connectivity index (χ4n) is 1.73. The van der Waals surface area contributed by atoms with Crippen molar-refractivity contribution in [2.75, 3.05) is 0 Å². The van der Waals surface area contributed by atoms with Gasteiger partial charge in [-0.2, -0.15) is 0 Å². The summed E-state index contributed by atoms with van der Waals surface area (Å²) in [6.07, 6.45) is 0. The molecule has 0 radical (unpaired) electrons. The second kappa shape index (κ2) is 6.31. The summed E-state index contributed by atoms with van der Waals surface area (Å²) in [6, 6.07) is 14.2. The number of nitro benzene ring substituents is 1. The predicted molar refractivity (Wildman–Crippen MR) is 75.1 cm³/mol. The molecule has 0 saturated heterocycles. The zero-order chi connectivity index (χ0) is 13.7. The van der Waals surface area contributed by atoms with Gasteiger partial charge in [-0.25, -0.2) is 0 Å². The highest BCUT2D eigenvalue weighted by Gasteiger charge is 2.05. The number of non-ortho nitro benzene ring substituents is 1. The van der Waals surface area contributed by atoms with Crippen LogP contribution in [-0.4, -0.2) is 4.92 Å². The molecule has 0 amide bonds. The van der Waals surface area contributed by atoms with Crippen molar-refractivity contribution in [1.29, 1.82) is 0 Å². The highest BCUT2D eigenvalue weighted by molar-refractivity contribution is 6.30. The number of nitro groups is 1. The third-order valence-electron chi connectivity index (χ3n) is 2.69. The summed E-state index contributed by atoms with van der Waals surface area (Å²) in [7, 11) is 0. The van der Waals surface area contributed by atoms with E-state index >= 15 is 0 Å². The first-order valence-corrected chi connectivity index (χ1v) is 6.21. The van der Waals surface area contributed by atoms with Crippen molar-refractivity contribution in [2.45, 2.75) is 13.1 Å². The average molecular weight is 277 g/mol. The van der Waals surface area contributed by atoms with Gasteiger partial charge in [0.25, 0.3) is 5.69 Å². The molecule has 0 unspecified atom stereocenters. The van der Waals surface area contributed by atoms with Crippen LogP contribution in [0.25, 0.3) is 0 Å². The second-order valence-electron chi connectivity index (χ2n) is 4.16. The van der Waals surface area contributed by atoms with Gasteiger partial charge in [0.2, 0.25) is 0 Å². The highest BCUT2D eigenvalue weighted by Crippen LogP contribution is 2.13. The van der Waals surface area contributed by atoms with E-state index in [1.165, 1.54) is 6.07 Å². The molecule has 2 aromatic rings. The molecule has 5 heteroatoms. The van der Waals surface area contributed by atoms with Crippen LogP contribution in [0.2, 0.25) is 5.02 Å². The van der Waals surface area contributed by atoms with Gasteiger partial charge in [0.05, 0.1) is 4.92 Å². The molecule has 2 rings (SSSR count). The molecule has 0 bridgehead atoms. The first-order chi connectivity index (χ1) is 9.15. The van der Waals surface area contributed by atoms with Gasteiger partial charge in [-0.05, 0) is 23.3 Å². The quantitative estimate of drug-likeness (QED) is 0.671. The maximum atomic E-state index is 10.7. The summed E-state index contributed by atoms with van der Waals surface area (Å²) < 4.78 is 0. The summed E-state index contributed by atoms with van der Waals surface area (Å²) in [5.41, 5.74) is 2.13. The lowest BCUT2D eigenvalue weighted by Crippen LogP contribution is -2.12. The van der Waals surface area contributed by atoms with E-state index in [2.05, 4.69) is 5.32 Å². The van der Waals surface area contributed by atoms with Gasteiger partial charge < -0.3 is 5.32 Å². The Hall–Kier alpha value is -1.91. The zero-order valence-corrected chi connectivity index (χ0v) is 10.9. The highest BCUT2D eigenvalue weighted by atomic mass is 35.5. The molecule has 0 aliphatic carbocycles. The first kappa shape index (κ1) is 13.5. The minimum atomic E-state index is -0.386. The van der Waals surface area contributed by atoms with Gasteiger partial charge in [-0.15, -0.1) is 0 Å². The smallest absolute Gasteiger partial charge is 0.269 e. The Kier molecular flexibility index (Phi) is 4.49. The van der Waals surface area contributed by atoms with E-state index in [1.807, 2.05) is 30.3 Å². The van der Waals surface area contributed by atoms with E-state index in [9.17, 15) is 10.1 Å². The molecule has 0 atom stereocenters. The van der Waals surface area contributed by atoms with Crippen molar-refractivity contribution in [2.24, 2.45) is 0 Å². The number of nitrogens with one attached hydrogen (secondary N) is 1. The van der Waals surface area contributed by atoms with Gasteiger partial charge in [0, 0.05) is 30.2 Å². The Labute approximate surface area is 116 Å². The number of benzene rings is 2. The summed E-state index contributed by atoms with van der Waals surface area (Å²) >= 11 is 5.80. The van der Waals surface area contributed by atoms with Crippen molar-refractivity contribution < 1.29 is 4.92 Å². The van der Waals surface area contributed by atoms with Crippen molar-refractivity contribution in [3.8, 4) is 0 Å². The summed E-state index contributed by atoms with van der Waals surface area (Å²) in [4.78, 5) is 10.3. The molecule has 1 N–H and O–H groups in total. The molecule has 19 heavy (non-hydrogen) atoms. The normalized spacial score (nSPS) is 10.4. The number of hydrogen-bond donors (Lipinski definition) is 1. The maximum Gasteiger partial charge on any atom is 0.269 e. The van der Waals surface area contributed by atoms with Crippen molar-refractivity contribution in [3.05, 3.63) is 74.8 Å². The molecule has 0 aromatic heterocycles. The molecule has 0 aliphatic heterocycles. The Bertz CT molecular complexity index is 570. The fourth-order valence-corrected chi connectivity index (χ4v) is 1.86. The molecule has 0 saturated carbocycles. The number of halogens is 1. The monoisotopic (exact) mass is 276 g/mol. The van der Waals surface area contributed by atoms with E-state index < -0.39 is 0 Å². The van der Waals surface area contributed by atoms with Crippen LogP contribution in [0.5, 0.6) is 0 Å². The van der Waals surface area contributed by atoms with Crippen molar-refractivity contribution >= 4 is 17.3 Å². The number of hydrogen-bond acceptors (Lipinski definition) is 3. The molecule has 0 heterocycles. The molecule has 0 fully saturated rings. The van der Waals surface area contributed by atoms with Crippen LogP contribution in [0.1, 0.15) is 11.1 Å². The average Bonchev–Trinajstić information content (AvgIpc) is 2.41. The van der Waals surface area contributed by atoms with E-state index in [4.69, 9.17) is 11.6 Å². The largest absolute Gasteiger partial charge is 0.309 e. The second-order valence-corrected chi connectivity index (χ2v) is 4.59. The topological polar surface area (TPSA) is 55.2 Å². The van der Waals surface area contributed by atoms with Gasteiger partial charge in [-0.1, -0.05) is 35.9 Å². The Morgan fingerprint density at radius 1 is 1.05 bits per heavy atom. The van der Waals surface area contributed by atoms with Crippen LogP contribution >= 0.6 is 11.6 Å². The molecule has 98 valence electrons. The lowest BCUT2D eigenvalue weighted by molar-refractivity contribution is -0.384. The van der Waals surface area contributed by atoms with Crippen LogP contribution in [0, 0.1) is 10.1 Å². The van der Waals surface area contributed by atoms with Crippen LogP contribution in [0.3, 0.4) is 0 Å². The first-order valence-electron chi connectivity index (χ1n) is 5.83. The SMILES string of the molecule is O=[N+]([O-])c1cccc(CNCc2ccc(Cl)cc2)c1. The molecular weight excluding hydrogens is 264 g/mol. The summed E-state index contributed by atoms with van der Waals surface area (Å²) in [6.45, 7) is 1.28. The number of nitrogens with zero attached hydrogens (tertiary/aromatic N) is 1. The predicted octanol–water partition coefficient (Wildman–Crippen LogP) is 3.54. The van der Waals surface area contributed by atoms with E-state index in [-0.39, 0.29) is 10.6 Å². The lowest BCUT2D eigenvalue weighted by atomic mass is 10.2. The van der Waals surface area contributed by atoms with Crippen molar-refractivity contribution in [1.82, 2.24) is 5.32 Å². The minimum absolute atomic E-state index is 0.116. The lowest BCUT2D eigenvalue weighted by Gasteiger charge is -2.05. The molecule has 4 nitrogen and oxygen atoms in total. The van der Waals surface area contributed by atoms with E-state index in [0.717, 1.165) is 11.1 Å². The summed E-state index contributed by atoms with van der Waals surface area (Å²) in [5.74, 6) is 0. The van der Waals surface area contributed by atoms with Crippen molar-refractivity contribution in [3.63, 3.8) is 0 Å². The van der Waals surface area contributed by atoms with Crippen LogP contribution < -0.4 is 5.32 Å². The minimum Gasteiger partial charge on any atom is -0.309 e. The van der Waals surface area contributed by atoms with Gasteiger partial charge in [0.15, 0.2) is 0 Å². The standard InChI is InChI=1S/C14H13ClN2O2/c15-13-6-4-11(5-7-13)9-16-10-12-2-1-3-14(8-12)17(18)19/h1-8,16H,9-10H2. The van der Waals surface area contributed by atoms with Gasteiger partial charge in [-0.3, -0.25) is 10.1 Å². The molecular formula is C14H13ClN2O2. The molecule has 2 aromatic carbocycles. The molecule has 0 spiro atoms. The van der Waals surface area contributed by atoms with Crippen LogP contribution in [0.15, 0.2) is 48.5 Å². The van der Waals surface area contributed by atoms with Crippen LogP contribution in [-0.2, 0) is 13.1 Å². The third kappa shape index (κ3) is 4.05. The molecule has 0 aliphatic rings. The Morgan fingerprint density at radius 3 is 2.42 bits per heavy atom. The van der Waals surface area contributed by atoms with Crippen LogP contribution in [0.4, 0.5) is 5.69 Å². The third-order valence-corrected chi connectivity index (χ3v) is 2.94. The Balaban J connectivity index is 1.90. The summed E-state index contributed by atoms with van der Waals surface area (Å²) in [5, 5.41) is 14.6. The van der Waals surface area contributed by atoms with Gasteiger partial charge in [0.1, 0.15) is 0 Å². The fraction of sp³-hybridized carbons (Fsp3) is 0.143.